The maximum Gasteiger partial charge on any atom is 0.0723 e. The molecule has 0 aliphatic carbocycles. The summed E-state index contributed by atoms with van der Waals surface area (Å²) >= 11 is 0. The summed E-state index contributed by atoms with van der Waals surface area (Å²) in [5, 5.41) is 1.22. The van der Waals surface area contributed by atoms with Gasteiger partial charge in [0.25, 0.3) is 0 Å². The van der Waals surface area contributed by atoms with Gasteiger partial charge in [-0.15, -0.1) is 0 Å². The van der Waals surface area contributed by atoms with Gasteiger partial charge in [0.1, 0.15) is 0 Å². The monoisotopic (exact) mass is 256 g/mol. The fourth-order valence-corrected chi connectivity index (χ4v) is 2.72. The Bertz CT molecular complexity index is 573. The van der Waals surface area contributed by atoms with Crippen LogP contribution in [0, 0.1) is 0 Å². The maximum atomic E-state index is 5.90. The van der Waals surface area contributed by atoms with Gasteiger partial charge in [-0.2, -0.15) is 0 Å². The fraction of sp³-hybridized carbons (Fsp3) is 0.400. The Labute approximate surface area is 113 Å². The van der Waals surface area contributed by atoms with Gasteiger partial charge in [-0.1, -0.05) is 18.2 Å². The van der Waals surface area contributed by atoms with Gasteiger partial charge in [0.2, 0.25) is 0 Å². The molecule has 1 aliphatic rings. The van der Waals surface area contributed by atoms with E-state index in [0.717, 1.165) is 37.3 Å². The van der Waals surface area contributed by atoms with Crippen molar-refractivity contribution in [2.75, 3.05) is 38.1 Å². The summed E-state index contributed by atoms with van der Waals surface area (Å²) in [4.78, 5) is 9.32. The van der Waals surface area contributed by atoms with Crippen molar-refractivity contribution in [3.05, 3.63) is 36.0 Å². The second-order valence-electron chi connectivity index (χ2n) is 5.14. The molecule has 0 unspecified atom stereocenters. The van der Waals surface area contributed by atoms with E-state index in [9.17, 15) is 0 Å². The molecule has 3 rings (SSSR count). The van der Waals surface area contributed by atoms with Crippen LogP contribution in [0.5, 0.6) is 0 Å². The molecule has 0 atom stereocenters. The van der Waals surface area contributed by atoms with Gasteiger partial charge in [-0.3, -0.25) is 4.98 Å². The Morgan fingerprint density at radius 3 is 2.63 bits per heavy atom. The molecule has 100 valence electrons. The zero-order valence-corrected chi connectivity index (χ0v) is 11.3. The zero-order chi connectivity index (χ0) is 13.2. The van der Waals surface area contributed by atoms with Crippen molar-refractivity contribution in [2.45, 2.75) is 6.54 Å². The zero-order valence-electron chi connectivity index (χ0n) is 11.3. The largest absolute Gasteiger partial charge is 0.368 e. The average Bonchev–Trinajstić information content (AvgIpc) is 2.47. The van der Waals surface area contributed by atoms with Crippen LogP contribution in [-0.4, -0.2) is 43.1 Å². The van der Waals surface area contributed by atoms with Crippen LogP contribution in [-0.2, 0) is 6.54 Å². The van der Waals surface area contributed by atoms with E-state index < -0.39 is 0 Å². The van der Waals surface area contributed by atoms with Crippen molar-refractivity contribution in [3.8, 4) is 0 Å². The first-order chi connectivity index (χ1) is 9.29. The first kappa shape index (κ1) is 12.4. The number of nitrogens with zero attached hydrogens (tertiary/aromatic N) is 3. The molecule has 0 saturated carbocycles. The van der Waals surface area contributed by atoms with Gasteiger partial charge in [0.15, 0.2) is 0 Å². The van der Waals surface area contributed by atoms with E-state index in [4.69, 9.17) is 5.73 Å². The SMILES string of the molecule is CN1CCN(c2c(CN)cnc3ccccc23)CC1. The van der Waals surface area contributed by atoms with Crippen LogP contribution in [0.3, 0.4) is 0 Å². The maximum absolute atomic E-state index is 5.90. The predicted molar refractivity (Wildman–Crippen MR) is 79.3 cm³/mol. The smallest absolute Gasteiger partial charge is 0.0723 e. The van der Waals surface area contributed by atoms with E-state index in [2.05, 4.69) is 40.0 Å². The Hall–Kier alpha value is -1.65. The second-order valence-corrected chi connectivity index (χ2v) is 5.14. The highest BCUT2D eigenvalue weighted by molar-refractivity contribution is 5.93. The van der Waals surface area contributed by atoms with Gasteiger partial charge >= 0.3 is 0 Å². The third-order valence-electron chi connectivity index (χ3n) is 3.86. The van der Waals surface area contributed by atoms with Crippen molar-refractivity contribution >= 4 is 16.6 Å². The third kappa shape index (κ3) is 2.29. The Morgan fingerprint density at radius 1 is 1.16 bits per heavy atom. The quantitative estimate of drug-likeness (QED) is 0.883. The summed E-state index contributed by atoms with van der Waals surface area (Å²) in [6, 6.07) is 8.32. The number of likely N-dealkylation sites (N-methyl/N-ethyl adjacent to an activating group) is 1. The molecule has 4 nitrogen and oxygen atoms in total. The van der Waals surface area contributed by atoms with Gasteiger partial charge in [-0.25, -0.2) is 0 Å². The summed E-state index contributed by atoms with van der Waals surface area (Å²) in [5.74, 6) is 0. The second kappa shape index (κ2) is 5.15. The van der Waals surface area contributed by atoms with Crippen molar-refractivity contribution in [1.29, 1.82) is 0 Å². The standard InChI is InChI=1S/C15H20N4/c1-18-6-8-19(9-7-18)15-12(10-16)11-17-14-5-3-2-4-13(14)15/h2-5,11H,6-10,16H2,1H3. The van der Waals surface area contributed by atoms with Crippen molar-refractivity contribution in [3.63, 3.8) is 0 Å². The van der Waals surface area contributed by atoms with Crippen LogP contribution in [0.15, 0.2) is 30.5 Å². The number of benzene rings is 1. The molecule has 0 amide bonds. The molecular weight excluding hydrogens is 236 g/mol. The third-order valence-corrected chi connectivity index (χ3v) is 3.86. The van der Waals surface area contributed by atoms with Crippen molar-refractivity contribution in [1.82, 2.24) is 9.88 Å². The van der Waals surface area contributed by atoms with Gasteiger partial charge in [-0.05, 0) is 13.1 Å². The molecule has 4 heteroatoms. The first-order valence-corrected chi connectivity index (χ1v) is 6.80. The number of pyridine rings is 1. The van der Waals surface area contributed by atoms with E-state index in [0.29, 0.717) is 6.54 Å². The summed E-state index contributed by atoms with van der Waals surface area (Å²) in [7, 11) is 2.17. The lowest BCUT2D eigenvalue weighted by atomic mass is 10.1. The fourth-order valence-electron chi connectivity index (χ4n) is 2.72. The lowest BCUT2D eigenvalue weighted by Gasteiger charge is -2.35. The van der Waals surface area contributed by atoms with Crippen molar-refractivity contribution < 1.29 is 0 Å². The summed E-state index contributed by atoms with van der Waals surface area (Å²) in [6.45, 7) is 4.84. The van der Waals surface area contributed by atoms with E-state index in [-0.39, 0.29) is 0 Å². The molecule has 0 radical (unpaired) electrons. The molecule has 0 spiro atoms. The molecule has 2 heterocycles. The van der Waals surface area contributed by atoms with Gasteiger partial charge in [0.05, 0.1) is 11.2 Å². The van der Waals surface area contributed by atoms with Crippen molar-refractivity contribution in [2.24, 2.45) is 5.73 Å². The highest BCUT2D eigenvalue weighted by Crippen LogP contribution is 2.30. The van der Waals surface area contributed by atoms with Crippen LogP contribution in [0.4, 0.5) is 5.69 Å². The van der Waals surface area contributed by atoms with Crippen LogP contribution >= 0.6 is 0 Å². The molecule has 2 aromatic rings. The Kier molecular flexibility index (Phi) is 3.36. The molecule has 1 saturated heterocycles. The number of piperazine rings is 1. The lowest BCUT2D eigenvalue weighted by molar-refractivity contribution is 0.313. The number of fused-ring (bicyclic) bond motifs is 1. The lowest BCUT2D eigenvalue weighted by Crippen LogP contribution is -2.45. The molecule has 1 aromatic heterocycles. The molecule has 1 aromatic carbocycles. The van der Waals surface area contributed by atoms with Gasteiger partial charge in [0, 0.05) is 49.9 Å². The van der Waals surface area contributed by atoms with Crippen LogP contribution in [0.1, 0.15) is 5.56 Å². The van der Waals surface area contributed by atoms with E-state index >= 15 is 0 Å². The molecule has 19 heavy (non-hydrogen) atoms. The van der Waals surface area contributed by atoms with E-state index in [1.54, 1.807) is 0 Å². The van der Waals surface area contributed by atoms with Crippen LogP contribution in [0.25, 0.3) is 10.9 Å². The average molecular weight is 256 g/mol. The summed E-state index contributed by atoms with van der Waals surface area (Å²) in [5.41, 5.74) is 9.37. The number of hydrogen-bond acceptors (Lipinski definition) is 4. The number of aromatic nitrogens is 1. The number of rotatable bonds is 2. The topological polar surface area (TPSA) is 45.4 Å². The predicted octanol–water partition coefficient (Wildman–Crippen LogP) is 1.45. The van der Waals surface area contributed by atoms with Crippen LogP contribution < -0.4 is 10.6 Å². The minimum atomic E-state index is 0.541. The van der Waals surface area contributed by atoms with E-state index in [1.807, 2.05) is 12.3 Å². The molecule has 0 bridgehead atoms. The summed E-state index contributed by atoms with van der Waals surface area (Å²) < 4.78 is 0. The first-order valence-electron chi connectivity index (χ1n) is 6.80. The Balaban J connectivity index is 2.09. The van der Waals surface area contributed by atoms with E-state index in [1.165, 1.54) is 11.1 Å². The van der Waals surface area contributed by atoms with Gasteiger partial charge < -0.3 is 15.5 Å². The normalized spacial score (nSPS) is 17.1. The molecule has 2 N–H and O–H groups in total. The number of hydrogen-bond donors (Lipinski definition) is 1. The number of nitrogens with two attached hydrogens (primary N) is 1. The molecule has 1 fully saturated rings. The summed E-state index contributed by atoms with van der Waals surface area (Å²) in [6.07, 6.45) is 1.93. The molecular formula is C15H20N4. The highest BCUT2D eigenvalue weighted by Gasteiger charge is 2.19. The Morgan fingerprint density at radius 2 is 1.89 bits per heavy atom. The molecule has 1 aliphatic heterocycles. The highest BCUT2D eigenvalue weighted by atomic mass is 15.2. The number of anilines is 1. The van der Waals surface area contributed by atoms with Crippen LogP contribution in [0.2, 0.25) is 0 Å². The number of para-hydroxylation sites is 1. The minimum Gasteiger partial charge on any atom is -0.368 e. The minimum absolute atomic E-state index is 0.541.